The summed E-state index contributed by atoms with van der Waals surface area (Å²) in [5.41, 5.74) is 25.2. The highest BCUT2D eigenvalue weighted by atomic mass is 15.2. The summed E-state index contributed by atoms with van der Waals surface area (Å²) in [5, 5.41) is 0. The number of hydrogen-bond donors (Lipinski definition) is 0. The highest BCUT2D eigenvalue weighted by Gasteiger charge is 2.57. The second-order valence-electron chi connectivity index (χ2n) is 21.0. The minimum absolute atomic E-state index is 0.562. The molecular weight excluding hydrogens is 941 g/mol. The van der Waals surface area contributed by atoms with Gasteiger partial charge in [0.2, 0.25) is 0 Å². The van der Waals surface area contributed by atoms with E-state index in [1.807, 2.05) is 0 Å². The van der Waals surface area contributed by atoms with Gasteiger partial charge in [-0.3, -0.25) is 0 Å². The van der Waals surface area contributed by atoms with E-state index in [4.69, 9.17) is 0 Å². The summed E-state index contributed by atoms with van der Waals surface area (Å²) in [4.78, 5) is 5.02. The maximum absolute atomic E-state index is 2.54. The van der Waals surface area contributed by atoms with Crippen LogP contribution in [0.2, 0.25) is 0 Å². The van der Waals surface area contributed by atoms with Crippen LogP contribution in [0, 0.1) is 0 Å². The number of benzene rings is 12. The SMILES string of the molecule is CC1(C2(C)c3ccccc3-c3ccc(N(c4ccccc4-c4ccccc4)c4ccccc4-c4ccccc4)cc32)c2ccccc2-c2ccc(N(c3ccccc3-c3ccccc3)c3ccccc3-c3ccccc3)cc21. The highest BCUT2D eigenvalue weighted by Crippen LogP contribution is 2.66. The molecule has 0 spiro atoms. The maximum Gasteiger partial charge on any atom is 0.0540 e. The third kappa shape index (κ3) is 7.40. The highest BCUT2D eigenvalue weighted by molar-refractivity contribution is 5.98. The maximum atomic E-state index is 2.54. The van der Waals surface area contributed by atoms with Gasteiger partial charge in [0.15, 0.2) is 0 Å². The van der Waals surface area contributed by atoms with E-state index in [1.54, 1.807) is 0 Å². The second-order valence-corrected chi connectivity index (χ2v) is 21.0. The lowest BCUT2D eigenvalue weighted by Gasteiger charge is -2.46. The molecule has 370 valence electrons. The number of rotatable bonds is 11. The number of para-hydroxylation sites is 4. The molecule has 0 N–H and O–H groups in total. The molecule has 0 aliphatic heterocycles. The number of nitrogens with zero attached hydrogens (tertiary/aromatic N) is 2. The zero-order chi connectivity index (χ0) is 52.2. The van der Waals surface area contributed by atoms with Gasteiger partial charge in [-0.15, -0.1) is 0 Å². The van der Waals surface area contributed by atoms with Gasteiger partial charge in [0.1, 0.15) is 0 Å². The van der Waals surface area contributed by atoms with Crippen LogP contribution in [0.5, 0.6) is 0 Å². The first-order valence-electron chi connectivity index (χ1n) is 27.2. The van der Waals surface area contributed by atoms with Crippen LogP contribution in [-0.4, -0.2) is 0 Å². The molecule has 2 heteroatoms. The Morgan fingerprint density at radius 1 is 0.205 bits per heavy atom. The predicted molar refractivity (Wildman–Crippen MR) is 328 cm³/mol. The standard InChI is InChI=1S/C76H56N2/c1-75(67-41-21-15-39-63(67)65-49-47-57(51-69(65)75)77(71-43-23-17-35-59(71)53-27-7-3-8-28-53)72-44-24-18-36-60(72)54-29-9-4-10-30-54)76(2)68-42-22-16-40-64(68)66-50-48-58(52-70(66)76)78(73-45-25-19-37-61(73)55-31-11-5-12-32-55)74-46-26-20-38-62(74)56-33-13-6-14-34-56/h3-52H,1-2H3. The van der Waals surface area contributed by atoms with Crippen molar-refractivity contribution in [2.45, 2.75) is 24.7 Å². The van der Waals surface area contributed by atoms with Gasteiger partial charge in [-0.25, -0.2) is 0 Å². The lowest BCUT2D eigenvalue weighted by atomic mass is 9.56. The van der Waals surface area contributed by atoms with Crippen molar-refractivity contribution >= 4 is 34.1 Å². The average Bonchev–Trinajstić information content (AvgIpc) is 3.03. The predicted octanol–water partition coefficient (Wildman–Crippen LogP) is 20.6. The van der Waals surface area contributed by atoms with E-state index in [1.165, 1.54) is 66.8 Å². The van der Waals surface area contributed by atoms with E-state index in [0.717, 1.165) is 56.4 Å². The fourth-order valence-corrected chi connectivity index (χ4v) is 13.3. The van der Waals surface area contributed by atoms with Crippen LogP contribution < -0.4 is 9.80 Å². The van der Waals surface area contributed by atoms with Gasteiger partial charge in [-0.1, -0.05) is 269 Å². The monoisotopic (exact) mass is 996 g/mol. The van der Waals surface area contributed by atoms with Crippen molar-refractivity contribution in [3.05, 3.63) is 326 Å². The van der Waals surface area contributed by atoms with E-state index in [9.17, 15) is 0 Å². The number of hydrogen-bond acceptors (Lipinski definition) is 2. The molecule has 0 radical (unpaired) electrons. The van der Waals surface area contributed by atoms with Crippen LogP contribution in [0.1, 0.15) is 36.1 Å². The third-order valence-electron chi connectivity index (χ3n) is 17.0. The van der Waals surface area contributed by atoms with Crippen LogP contribution in [0.15, 0.2) is 303 Å². The van der Waals surface area contributed by atoms with Crippen molar-refractivity contribution < 1.29 is 0 Å². The Kier molecular flexibility index (Phi) is 11.5. The molecule has 14 rings (SSSR count). The largest absolute Gasteiger partial charge is 0.309 e. The lowest BCUT2D eigenvalue weighted by molar-refractivity contribution is 0.376. The van der Waals surface area contributed by atoms with Crippen LogP contribution in [0.25, 0.3) is 66.8 Å². The van der Waals surface area contributed by atoms with Gasteiger partial charge < -0.3 is 9.80 Å². The van der Waals surface area contributed by atoms with Crippen molar-refractivity contribution in [1.82, 2.24) is 0 Å². The van der Waals surface area contributed by atoms with Gasteiger partial charge in [0.25, 0.3) is 0 Å². The summed E-state index contributed by atoms with van der Waals surface area (Å²) in [6, 6.07) is 112. The molecule has 0 saturated heterocycles. The van der Waals surface area contributed by atoms with Crippen LogP contribution >= 0.6 is 0 Å². The fraction of sp³-hybridized carbons (Fsp3) is 0.0526. The van der Waals surface area contributed by atoms with E-state index in [2.05, 4.69) is 327 Å². The van der Waals surface area contributed by atoms with Crippen LogP contribution in [0.3, 0.4) is 0 Å². The van der Waals surface area contributed by atoms with Crippen molar-refractivity contribution in [3.63, 3.8) is 0 Å². The Morgan fingerprint density at radius 3 is 0.731 bits per heavy atom. The van der Waals surface area contributed by atoms with Crippen molar-refractivity contribution in [2.75, 3.05) is 9.80 Å². The quantitative estimate of drug-likeness (QED) is 0.127. The zero-order valence-electron chi connectivity index (χ0n) is 43.8. The van der Waals surface area contributed by atoms with E-state index in [0.29, 0.717) is 0 Å². The Balaban J connectivity index is 1.02. The molecule has 2 aliphatic rings. The first kappa shape index (κ1) is 46.7. The molecule has 12 aromatic rings. The van der Waals surface area contributed by atoms with Gasteiger partial charge in [0, 0.05) is 44.5 Å². The second kappa shape index (κ2) is 19.1. The van der Waals surface area contributed by atoms with Gasteiger partial charge in [-0.05, 0) is 115 Å². The Hall–Kier alpha value is -9.76. The minimum Gasteiger partial charge on any atom is -0.309 e. The topological polar surface area (TPSA) is 6.48 Å². The Labute approximate surface area is 458 Å². The van der Waals surface area contributed by atoms with Gasteiger partial charge in [-0.2, -0.15) is 0 Å². The summed E-state index contributed by atoms with van der Waals surface area (Å²) in [6.45, 7) is 5.07. The van der Waals surface area contributed by atoms with Crippen LogP contribution in [-0.2, 0) is 10.8 Å². The summed E-state index contributed by atoms with van der Waals surface area (Å²) in [7, 11) is 0. The molecule has 0 aromatic heterocycles. The summed E-state index contributed by atoms with van der Waals surface area (Å²) in [5.74, 6) is 0. The molecule has 2 unspecified atom stereocenters. The van der Waals surface area contributed by atoms with Crippen molar-refractivity contribution in [2.24, 2.45) is 0 Å². The smallest absolute Gasteiger partial charge is 0.0540 e. The molecule has 2 atom stereocenters. The number of anilines is 6. The molecule has 0 amide bonds. The van der Waals surface area contributed by atoms with Gasteiger partial charge in [0.05, 0.1) is 22.7 Å². The van der Waals surface area contributed by atoms with E-state index < -0.39 is 10.8 Å². The van der Waals surface area contributed by atoms with Crippen LogP contribution in [0.4, 0.5) is 34.1 Å². The first-order valence-corrected chi connectivity index (χ1v) is 27.2. The van der Waals surface area contributed by atoms with Crippen molar-refractivity contribution in [1.29, 1.82) is 0 Å². The minimum atomic E-state index is -0.562. The molecule has 0 saturated carbocycles. The fourth-order valence-electron chi connectivity index (χ4n) is 13.3. The molecule has 2 nitrogen and oxygen atoms in total. The summed E-state index contributed by atoms with van der Waals surface area (Å²) in [6.07, 6.45) is 0. The zero-order valence-corrected chi connectivity index (χ0v) is 43.8. The number of fused-ring (bicyclic) bond motifs is 6. The van der Waals surface area contributed by atoms with Gasteiger partial charge >= 0.3 is 0 Å². The molecule has 0 bridgehead atoms. The Morgan fingerprint density at radius 2 is 0.436 bits per heavy atom. The van der Waals surface area contributed by atoms with E-state index >= 15 is 0 Å². The molecule has 12 aromatic carbocycles. The average molecular weight is 997 g/mol. The molecule has 0 fully saturated rings. The third-order valence-corrected chi connectivity index (χ3v) is 17.0. The summed E-state index contributed by atoms with van der Waals surface area (Å²) >= 11 is 0. The Bertz CT molecular complexity index is 3750. The molecular formula is C76H56N2. The first-order chi connectivity index (χ1) is 38.5. The molecule has 0 heterocycles. The summed E-state index contributed by atoms with van der Waals surface area (Å²) < 4.78 is 0. The lowest BCUT2D eigenvalue weighted by Crippen LogP contribution is -2.44. The van der Waals surface area contributed by atoms with Crippen molar-refractivity contribution in [3.8, 4) is 66.8 Å². The van der Waals surface area contributed by atoms with E-state index in [-0.39, 0.29) is 0 Å². The normalized spacial score (nSPS) is 15.7. The molecule has 2 aliphatic carbocycles. The molecule has 78 heavy (non-hydrogen) atoms.